The third kappa shape index (κ3) is 11.8. The molecule has 0 saturated heterocycles. The number of rotatable bonds is 11. The molecule has 0 N–H and O–H groups in total. The summed E-state index contributed by atoms with van der Waals surface area (Å²) in [5.41, 5.74) is 0. The molecule has 0 spiro atoms. The first-order chi connectivity index (χ1) is 9.20. The van der Waals surface area contributed by atoms with Crippen molar-refractivity contribution in [3.8, 4) is 0 Å². The molecule has 14 nitrogen and oxygen atoms in total. The van der Waals surface area contributed by atoms with Crippen LogP contribution >= 0.6 is 33.0 Å². The van der Waals surface area contributed by atoms with Crippen LogP contribution in [0, 0.1) is 0 Å². The van der Waals surface area contributed by atoms with E-state index in [0.717, 1.165) is 0 Å². The summed E-state index contributed by atoms with van der Waals surface area (Å²) in [4.78, 5) is 40.9. The van der Waals surface area contributed by atoms with Gasteiger partial charge in [0, 0.05) is 10.5 Å². The molecule has 0 amide bonds. The van der Waals surface area contributed by atoms with Gasteiger partial charge < -0.3 is 19.6 Å². The summed E-state index contributed by atoms with van der Waals surface area (Å²) < 4.78 is 56.3. The molecule has 0 aliphatic heterocycles. The molecule has 0 aromatic rings. The lowest BCUT2D eigenvalue weighted by molar-refractivity contribution is -0.344. The average molecular weight is 372 g/mol. The van der Waals surface area contributed by atoms with Crippen molar-refractivity contribution in [1.82, 2.24) is 10.5 Å². The minimum absolute atomic E-state index is 0.0904. The maximum Gasteiger partial charge on any atom is 0.509 e. The lowest BCUT2D eigenvalue weighted by Gasteiger charge is -2.11. The SMILES string of the molecule is O=[P+]([O-])ON(CCN(O[P+](=O)[O-])O[P+](=O)[O-])O[P+](=O)[O-]. The maximum atomic E-state index is 10.2. The van der Waals surface area contributed by atoms with Gasteiger partial charge in [0.25, 0.3) is 0 Å². The van der Waals surface area contributed by atoms with E-state index in [1.807, 2.05) is 0 Å². The van der Waals surface area contributed by atoms with Gasteiger partial charge in [-0.2, -0.15) is 0 Å². The van der Waals surface area contributed by atoms with E-state index in [9.17, 15) is 37.8 Å². The molecule has 0 heterocycles. The fourth-order valence-corrected chi connectivity index (χ4v) is 1.81. The molecule has 0 radical (unpaired) electrons. The van der Waals surface area contributed by atoms with Gasteiger partial charge in [-0.05, 0) is 36.8 Å². The smallest absolute Gasteiger partial charge is 0.509 e. The summed E-state index contributed by atoms with van der Waals surface area (Å²) in [5, 5.41) is -0.181. The third-order valence-electron chi connectivity index (χ3n) is 1.10. The normalized spacial score (nSPS) is 14.5. The van der Waals surface area contributed by atoms with Gasteiger partial charge in [0.05, 0.1) is 13.1 Å². The second kappa shape index (κ2) is 10.7. The molecule has 0 bridgehead atoms. The zero-order chi connectivity index (χ0) is 15.7. The van der Waals surface area contributed by atoms with Gasteiger partial charge in [-0.15, -0.1) is 0 Å². The van der Waals surface area contributed by atoms with Crippen LogP contribution in [0.15, 0.2) is 0 Å². The Balaban J connectivity index is 4.49. The van der Waals surface area contributed by atoms with Crippen LogP contribution in [-0.2, 0) is 36.8 Å². The lowest BCUT2D eigenvalue weighted by atomic mass is 10.7. The number of hydrogen-bond donors (Lipinski definition) is 0. The highest BCUT2D eigenvalue weighted by Gasteiger charge is 2.28. The molecule has 4 unspecified atom stereocenters. The van der Waals surface area contributed by atoms with Crippen molar-refractivity contribution in [2.75, 3.05) is 13.1 Å². The molecule has 20 heavy (non-hydrogen) atoms. The number of nitrogens with zero attached hydrogens (tertiary/aromatic N) is 2. The first-order valence-electron chi connectivity index (χ1n) is 4.05. The molecule has 18 heteroatoms. The minimum Gasteiger partial charge on any atom is -0.565 e. The van der Waals surface area contributed by atoms with Crippen LogP contribution < -0.4 is 19.6 Å². The molecule has 0 aliphatic carbocycles. The first-order valence-corrected chi connectivity index (χ1v) is 8.44. The quantitative estimate of drug-likeness (QED) is 0.269. The maximum absolute atomic E-state index is 10.2. The van der Waals surface area contributed by atoms with Gasteiger partial charge in [0.2, 0.25) is 0 Å². The van der Waals surface area contributed by atoms with Crippen LogP contribution in [0.5, 0.6) is 0 Å². The van der Waals surface area contributed by atoms with Crippen molar-refractivity contribution in [3.63, 3.8) is 0 Å². The highest BCUT2D eigenvalue weighted by atomic mass is 31.1. The van der Waals surface area contributed by atoms with Crippen LogP contribution in [-0.4, -0.2) is 23.5 Å². The highest BCUT2D eigenvalue weighted by molar-refractivity contribution is 7.31. The molecule has 4 atom stereocenters. The monoisotopic (exact) mass is 372 g/mol. The molecule has 0 aromatic carbocycles. The Bertz CT molecular complexity index is 320. The Kier molecular flexibility index (Phi) is 10.7. The molecular weight excluding hydrogens is 368 g/mol. The van der Waals surface area contributed by atoms with Crippen molar-refractivity contribution in [1.29, 1.82) is 0 Å². The molecule has 0 aliphatic rings. The summed E-state index contributed by atoms with van der Waals surface area (Å²) in [5.74, 6) is 0. The summed E-state index contributed by atoms with van der Waals surface area (Å²) in [7, 11) is -14.2. The Hall–Kier alpha value is -0.000000000000000132. The Morgan fingerprint density at radius 2 is 0.800 bits per heavy atom. The Labute approximate surface area is 114 Å². The number of hydroxylamine groups is 4. The van der Waals surface area contributed by atoms with Crippen LogP contribution in [0.4, 0.5) is 0 Å². The summed E-state index contributed by atoms with van der Waals surface area (Å²) in [6.07, 6.45) is 0. The first kappa shape index (κ1) is 20.0. The molecule has 0 saturated carbocycles. The number of hydrogen-bond acceptors (Lipinski definition) is 14. The van der Waals surface area contributed by atoms with Crippen molar-refractivity contribution < 1.29 is 56.3 Å². The molecule has 114 valence electrons. The van der Waals surface area contributed by atoms with Gasteiger partial charge >= 0.3 is 33.0 Å². The van der Waals surface area contributed by atoms with Gasteiger partial charge in [-0.1, -0.05) is 0 Å². The Morgan fingerprint density at radius 3 is 0.950 bits per heavy atom. The lowest BCUT2D eigenvalue weighted by Crippen LogP contribution is -2.33. The van der Waals surface area contributed by atoms with Crippen LogP contribution in [0.2, 0.25) is 0 Å². The topological polar surface area (TPSA) is 204 Å². The molecule has 0 aromatic heterocycles. The van der Waals surface area contributed by atoms with Crippen molar-refractivity contribution in [2.45, 2.75) is 0 Å². The van der Waals surface area contributed by atoms with E-state index in [4.69, 9.17) is 0 Å². The van der Waals surface area contributed by atoms with Gasteiger partial charge in [-0.3, -0.25) is 0 Å². The van der Waals surface area contributed by atoms with E-state index in [1.54, 1.807) is 0 Å². The van der Waals surface area contributed by atoms with Gasteiger partial charge in [-0.25, -0.2) is 0 Å². The summed E-state index contributed by atoms with van der Waals surface area (Å²) >= 11 is 0. The van der Waals surface area contributed by atoms with Gasteiger partial charge in [0.15, 0.2) is 0 Å². The summed E-state index contributed by atoms with van der Waals surface area (Å²) in [6, 6.07) is 0. The van der Waals surface area contributed by atoms with Crippen molar-refractivity contribution in [3.05, 3.63) is 0 Å². The van der Waals surface area contributed by atoms with E-state index >= 15 is 0 Å². The van der Waals surface area contributed by atoms with E-state index in [1.165, 1.54) is 0 Å². The standard InChI is InChI=1S/C2H4N2O12P4/c5-17(6)13-3(14-18(7)8)1-2-4(15-19(9)10)16-20(11)12/h1-2H2. The summed E-state index contributed by atoms with van der Waals surface area (Å²) in [6.45, 7) is -1.56. The van der Waals surface area contributed by atoms with Crippen molar-refractivity contribution in [2.24, 2.45) is 0 Å². The van der Waals surface area contributed by atoms with Crippen LogP contribution in [0.1, 0.15) is 0 Å². The second-order valence-corrected chi connectivity index (χ2v) is 4.78. The fourth-order valence-electron chi connectivity index (χ4n) is 0.654. The minimum atomic E-state index is -3.54. The zero-order valence-electron chi connectivity index (χ0n) is 9.00. The molecule has 0 rings (SSSR count). The van der Waals surface area contributed by atoms with Gasteiger partial charge in [0.1, 0.15) is 0 Å². The van der Waals surface area contributed by atoms with Crippen LogP contribution in [0.25, 0.3) is 0 Å². The van der Waals surface area contributed by atoms with E-state index < -0.39 is 46.1 Å². The van der Waals surface area contributed by atoms with E-state index in [0.29, 0.717) is 0 Å². The average Bonchev–Trinajstić information content (AvgIpc) is 2.22. The van der Waals surface area contributed by atoms with E-state index in [-0.39, 0.29) is 10.5 Å². The van der Waals surface area contributed by atoms with Crippen molar-refractivity contribution >= 4 is 33.0 Å². The highest BCUT2D eigenvalue weighted by Crippen LogP contribution is 2.23. The fraction of sp³-hybridized carbons (Fsp3) is 1.00. The predicted octanol–water partition coefficient (Wildman–Crippen LogP) is -2.61. The van der Waals surface area contributed by atoms with E-state index in [2.05, 4.69) is 18.5 Å². The molecule has 0 fully saturated rings. The molecular formula is C2H4N2O12P4. The zero-order valence-corrected chi connectivity index (χ0v) is 12.6. The predicted molar refractivity (Wildman–Crippen MR) is 48.2 cm³/mol. The third-order valence-corrected chi connectivity index (χ3v) is 2.36. The van der Waals surface area contributed by atoms with Crippen LogP contribution in [0.3, 0.4) is 0 Å². The second-order valence-electron chi connectivity index (χ2n) is 2.33. The largest absolute Gasteiger partial charge is 0.565 e. The Morgan fingerprint density at radius 1 is 0.600 bits per heavy atom.